The molecular weight excluding hydrogens is 407 g/mol. The summed E-state index contributed by atoms with van der Waals surface area (Å²) in [6, 6.07) is 13.6. The fourth-order valence-corrected chi connectivity index (χ4v) is 3.92. The van der Waals surface area contributed by atoms with E-state index >= 15 is 0 Å². The average Bonchev–Trinajstić information content (AvgIpc) is 3.42. The van der Waals surface area contributed by atoms with Gasteiger partial charge < -0.3 is 10.1 Å². The summed E-state index contributed by atoms with van der Waals surface area (Å²) >= 11 is 0. The van der Waals surface area contributed by atoms with Crippen LogP contribution in [0.1, 0.15) is 0 Å². The standard InChI is InChI=1S/C24H15FN6O/c25-15-5-13(6-16(32)8-15)19-11-26-12-22-17(19)9-21(29-22)23-18-7-14(10-28-24(18)31-30-23)20-3-1-2-4-27-20/h1-12,29,32H,(H,28,30,31). The molecule has 154 valence electrons. The number of H-pyrrole nitrogens is 2. The monoisotopic (exact) mass is 422 g/mol. The molecule has 7 nitrogen and oxygen atoms in total. The molecular formula is C24H15FN6O. The lowest BCUT2D eigenvalue weighted by Crippen LogP contribution is -1.85. The molecule has 6 aromatic rings. The van der Waals surface area contributed by atoms with E-state index in [-0.39, 0.29) is 5.75 Å². The van der Waals surface area contributed by atoms with E-state index in [1.807, 2.05) is 30.3 Å². The van der Waals surface area contributed by atoms with Crippen LogP contribution in [0.2, 0.25) is 0 Å². The van der Waals surface area contributed by atoms with Gasteiger partial charge in [-0.15, -0.1) is 0 Å². The number of phenols is 1. The van der Waals surface area contributed by atoms with Crippen LogP contribution >= 0.6 is 0 Å². The number of rotatable bonds is 3. The first kappa shape index (κ1) is 18.2. The maximum Gasteiger partial charge on any atom is 0.155 e. The van der Waals surface area contributed by atoms with Crippen molar-refractivity contribution in [3.8, 4) is 39.5 Å². The van der Waals surface area contributed by atoms with Gasteiger partial charge in [0.15, 0.2) is 5.65 Å². The predicted octanol–water partition coefficient (Wildman–Crippen LogP) is 5.07. The van der Waals surface area contributed by atoms with Gasteiger partial charge >= 0.3 is 0 Å². The second-order valence-electron chi connectivity index (χ2n) is 7.44. The highest BCUT2D eigenvalue weighted by Crippen LogP contribution is 2.35. The first-order valence-electron chi connectivity index (χ1n) is 9.88. The van der Waals surface area contributed by atoms with Crippen molar-refractivity contribution >= 4 is 21.9 Å². The summed E-state index contributed by atoms with van der Waals surface area (Å²) in [6.45, 7) is 0. The minimum atomic E-state index is -0.515. The van der Waals surface area contributed by atoms with E-state index in [9.17, 15) is 9.50 Å². The zero-order valence-corrected chi connectivity index (χ0v) is 16.5. The SMILES string of the molecule is Oc1cc(F)cc(-c2cncc3[nH]c(-c4n[nH]c5ncc(-c6ccccn6)cc45)cc23)c1. The molecule has 32 heavy (non-hydrogen) atoms. The topological polar surface area (TPSA) is 103 Å². The number of nitrogens with zero attached hydrogens (tertiary/aromatic N) is 4. The number of aromatic nitrogens is 6. The molecule has 0 saturated carbocycles. The molecule has 1 aromatic carbocycles. The molecule has 6 rings (SSSR count). The zero-order valence-electron chi connectivity index (χ0n) is 16.5. The Labute approximate surface area is 180 Å². The molecule has 0 radical (unpaired) electrons. The van der Waals surface area contributed by atoms with Crippen LogP contribution < -0.4 is 0 Å². The van der Waals surface area contributed by atoms with Crippen molar-refractivity contribution in [3.63, 3.8) is 0 Å². The van der Waals surface area contributed by atoms with Crippen LogP contribution in [0.25, 0.3) is 55.7 Å². The first-order valence-corrected chi connectivity index (χ1v) is 9.88. The molecule has 0 aliphatic heterocycles. The van der Waals surface area contributed by atoms with Gasteiger partial charge in [-0.3, -0.25) is 15.1 Å². The Kier molecular flexibility index (Phi) is 3.97. The summed E-state index contributed by atoms with van der Waals surface area (Å²) in [5.41, 5.74) is 5.84. The molecule has 0 fully saturated rings. The highest BCUT2D eigenvalue weighted by Gasteiger charge is 2.16. The van der Waals surface area contributed by atoms with Crippen LogP contribution in [-0.4, -0.2) is 35.2 Å². The maximum atomic E-state index is 13.9. The van der Waals surface area contributed by atoms with Crippen molar-refractivity contribution in [1.29, 1.82) is 0 Å². The molecule has 0 aliphatic carbocycles. The second-order valence-corrected chi connectivity index (χ2v) is 7.44. The molecule has 0 spiro atoms. The van der Waals surface area contributed by atoms with E-state index in [4.69, 9.17) is 0 Å². The van der Waals surface area contributed by atoms with Gasteiger partial charge in [0.1, 0.15) is 17.3 Å². The smallest absolute Gasteiger partial charge is 0.155 e. The Bertz CT molecular complexity index is 1590. The summed E-state index contributed by atoms with van der Waals surface area (Å²) in [4.78, 5) is 16.5. The van der Waals surface area contributed by atoms with E-state index in [0.717, 1.165) is 39.3 Å². The first-order chi connectivity index (χ1) is 15.7. The van der Waals surface area contributed by atoms with Crippen molar-refractivity contribution in [3.05, 3.63) is 79.1 Å². The quantitative estimate of drug-likeness (QED) is 0.369. The van der Waals surface area contributed by atoms with Crippen LogP contribution in [-0.2, 0) is 0 Å². The fourth-order valence-electron chi connectivity index (χ4n) is 3.92. The molecule has 0 amide bonds. The number of aromatic amines is 2. The summed E-state index contributed by atoms with van der Waals surface area (Å²) in [5, 5.41) is 18.9. The fraction of sp³-hybridized carbons (Fsp3) is 0. The van der Waals surface area contributed by atoms with Gasteiger partial charge in [-0.2, -0.15) is 5.10 Å². The highest BCUT2D eigenvalue weighted by atomic mass is 19.1. The number of aromatic hydroxyl groups is 1. The summed E-state index contributed by atoms with van der Waals surface area (Å²) in [5.74, 6) is -0.654. The third kappa shape index (κ3) is 2.97. The number of halogens is 1. The minimum absolute atomic E-state index is 0.140. The molecule has 5 aromatic heterocycles. The van der Waals surface area contributed by atoms with Crippen LogP contribution in [0, 0.1) is 5.82 Å². The second kappa shape index (κ2) is 6.98. The lowest BCUT2D eigenvalue weighted by atomic mass is 10.0. The predicted molar refractivity (Wildman–Crippen MR) is 119 cm³/mol. The number of benzene rings is 1. The van der Waals surface area contributed by atoms with Gasteiger partial charge in [0.2, 0.25) is 0 Å². The molecule has 0 atom stereocenters. The Morgan fingerprint density at radius 3 is 2.66 bits per heavy atom. The van der Waals surface area contributed by atoms with Gasteiger partial charge in [0, 0.05) is 46.6 Å². The third-order valence-electron chi connectivity index (χ3n) is 5.37. The van der Waals surface area contributed by atoms with Gasteiger partial charge in [-0.1, -0.05) is 6.07 Å². The van der Waals surface area contributed by atoms with Crippen molar-refractivity contribution < 1.29 is 9.50 Å². The Morgan fingerprint density at radius 1 is 0.875 bits per heavy atom. The number of hydrogen-bond acceptors (Lipinski definition) is 5. The number of pyridine rings is 3. The van der Waals surface area contributed by atoms with E-state index in [1.54, 1.807) is 24.8 Å². The molecule has 0 saturated heterocycles. The van der Waals surface area contributed by atoms with Crippen LogP contribution in [0.5, 0.6) is 5.75 Å². The van der Waals surface area contributed by atoms with E-state index in [0.29, 0.717) is 22.5 Å². The van der Waals surface area contributed by atoms with Crippen molar-refractivity contribution in [2.24, 2.45) is 0 Å². The summed E-state index contributed by atoms with van der Waals surface area (Å²) in [6.07, 6.45) is 6.86. The lowest BCUT2D eigenvalue weighted by Gasteiger charge is -2.04. The zero-order chi connectivity index (χ0) is 21.7. The molecule has 3 N–H and O–H groups in total. The maximum absolute atomic E-state index is 13.9. The number of nitrogens with one attached hydrogen (secondary N) is 2. The van der Waals surface area contributed by atoms with Gasteiger partial charge in [-0.25, -0.2) is 9.37 Å². The Balaban J connectivity index is 1.52. The van der Waals surface area contributed by atoms with E-state index in [1.165, 1.54) is 12.1 Å². The lowest BCUT2D eigenvalue weighted by molar-refractivity contribution is 0.469. The van der Waals surface area contributed by atoms with Crippen LogP contribution in [0.15, 0.2) is 73.3 Å². The minimum Gasteiger partial charge on any atom is -0.508 e. The van der Waals surface area contributed by atoms with Crippen molar-refractivity contribution in [1.82, 2.24) is 30.1 Å². The van der Waals surface area contributed by atoms with Crippen LogP contribution in [0.3, 0.4) is 0 Å². The highest BCUT2D eigenvalue weighted by molar-refractivity contribution is 6.00. The molecule has 5 heterocycles. The van der Waals surface area contributed by atoms with E-state index < -0.39 is 5.82 Å². The third-order valence-corrected chi connectivity index (χ3v) is 5.37. The summed E-state index contributed by atoms with van der Waals surface area (Å²) < 4.78 is 13.9. The molecule has 8 heteroatoms. The molecule has 0 unspecified atom stereocenters. The van der Waals surface area contributed by atoms with Gasteiger partial charge in [0.25, 0.3) is 0 Å². The Hall–Kier alpha value is -4.59. The van der Waals surface area contributed by atoms with Crippen LogP contribution in [0.4, 0.5) is 4.39 Å². The Morgan fingerprint density at radius 2 is 1.81 bits per heavy atom. The number of fused-ring (bicyclic) bond motifs is 2. The largest absolute Gasteiger partial charge is 0.508 e. The molecule has 0 bridgehead atoms. The van der Waals surface area contributed by atoms with Gasteiger partial charge in [0.05, 0.1) is 23.1 Å². The van der Waals surface area contributed by atoms with E-state index in [2.05, 4.69) is 30.1 Å². The van der Waals surface area contributed by atoms with Gasteiger partial charge in [-0.05, 0) is 42.0 Å². The average molecular weight is 422 g/mol. The number of phenolic OH excluding ortho intramolecular Hbond substituents is 1. The van der Waals surface area contributed by atoms with Crippen molar-refractivity contribution in [2.75, 3.05) is 0 Å². The number of hydrogen-bond donors (Lipinski definition) is 3. The molecule has 0 aliphatic rings. The summed E-state index contributed by atoms with van der Waals surface area (Å²) in [7, 11) is 0. The normalized spacial score (nSPS) is 11.4. The van der Waals surface area contributed by atoms with Crippen molar-refractivity contribution in [2.45, 2.75) is 0 Å².